The van der Waals surface area contributed by atoms with E-state index in [9.17, 15) is 13.2 Å². The van der Waals surface area contributed by atoms with Crippen molar-refractivity contribution < 1.29 is 17.9 Å². The molecule has 2 N–H and O–H groups in total. The first-order valence-electron chi connectivity index (χ1n) is 5.78. The summed E-state index contributed by atoms with van der Waals surface area (Å²) in [6, 6.07) is -0.384. The van der Waals surface area contributed by atoms with Crippen LogP contribution in [-0.4, -0.2) is 24.4 Å². The van der Waals surface area contributed by atoms with Crippen molar-refractivity contribution in [1.29, 1.82) is 0 Å². The fourth-order valence-electron chi connectivity index (χ4n) is 3.15. The van der Waals surface area contributed by atoms with Crippen molar-refractivity contribution in [2.75, 3.05) is 0 Å². The van der Waals surface area contributed by atoms with E-state index in [0.717, 1.165) is 0 Å². The summed E-state index contributed by atoms with van der Waals surface area (Å²) in [6.45, 7) is 3.93. The van der Waals surface area contributed by atoms with E-state index in [4.69, 9.17) is 10.5 Å². The van der Waals surface area contributed by atoms with Crippen LogP contribution in [0.5, 0.6) is 0 Å². The normalized spacial score (nSPS) is 49.1. The molecule has 6 atom stereocenters. The third-order valence-corrected chi connectivity index (χ3v) is 4.20. The second kappa shape index (κ2) is 3.88. The van der Waals surface area contributed by atoms with Gasteiger partial charge in [-0.25, -0.2) is 0 Å². The molecule has 16 heavy (non-hydrogen) atoms. The molecular formula is C11H18F3NO. The Labute approximate surface area is 93.3 Å². The Morgan fingerprint density at radius 3 is 2.38 bits per heavy atom. The van der Waals surface area contributed by atoms with Gasteiger partial charge in [0, 0.05) is 12.0 Å². The quantitative estimate of drug-likeness (QED) is 0.701. The van der Waals surface area contributed by atoms with Crippen molar-refractivity contribution in [3.05, 3.63) is 0 Å². The SMILES string of the molecule is C[C@H]1[C@@H]2[C@@H](N)C[C@@H](C(F)(F)F)C[C@H]2O[C@H]1C. The summed E-state index contributed by atoms with van der Waals surface area (Å²) >= 11 is 0. The molecule has 0 spiro atoms. The average molecular weight is 237 g/mol. The van der Waals surface area contributed by atoms with Crippen molar-refractivity contribution in [3.63, 3.8) is 0 Å². The van der Waals surface area contributed by atoms with Crippen LogP contribution < -0.4 is 5.73 Å². The van der Waals surface area contributed by atoms with Crippen LogP contribution in [0.25, 0.3) is 0 Å². The third kappa shape index (κ3) is 1.95. The summed E-state index contributed by atoms with van der Waals surface area (Å²) in [5.74, 6) is -0.941. The van der Waals surface area contributed by atoms with Crippen molar-refractivity contribution in [3.8, 4) is 0 Å². The first-order chi connectivity index (χ1) is 7.30. The van der Waals surface area contributed by atoms with E-state index in [1.807, 2.05) is 13.8 Å². The Bertz CT molecular complexity index is 268. The fraction of sp³-hybridized carbons (Fsp3) is 1.00. The molecule has 0 aromatic carbocycles. The van der Waals surface area contributed by atoms with Crippen molar-refractivity contribution in [1.82, 2.24) is 0 Å². The molecule has 1 aliphatic carbocycles. The Morgan fingerprint density at radius 2 is 1.81 bits per heavy atom. The van der Waals surface area contributed by atoms with Crippen LogP contribution in [0.15, 0.2) is 0 Å². The molecule has 1 heterocycles. The minimum atomic E-state index is -4.14. The lowest BCUT2D eigenvalue weighted by molar-refractivity contribution is -0.195. The van der Waals surface area contributed by atoms with Gasteiger partial charge in [-0.15, -0.1) is 0 Å². The van der Waals surface area contributed by atoms with Crippen molar-refractivity contribution in [2.24, 2.45) is 23.5 Å². The number of halogens is 3. The minimum Gasteiger partial charge on any atom is -0.375 e. The topological polar surface area (TPSA) is 35.2 Å². The molecule has 0 amide bonds. The van der Waals surface area contributed by atoms with E-state index in [2.05, 4.69) is 0 Å². The van der Waals surface area contributed by atoms with Gasteiger partial charge >= 0.3 is 6.18 Å². The molecule has 5 heteroatoms. The molecule has 2 rings (SSSR count). The molecule has 2 fully saturated rings. The van der Waals surface area contributed by atoms with Gasteiger partial charge in [-0.3, -0.25) is 0 Å². The molecule has 1 aliphatic heterocycles. The summed E-state index contributed by atoms with van der Waals surface area (Å²) in [6.07, 6.45) is -4.30. The number of hydrogen-bond acceptors (Lipinski definition) is 2. The second-order valence-electron chi connectivity index (χ2n) is 5.19. The Hall–Kier alpha value is -0.290. The summed E-state index contributed by atoms with van der Waals surface area (Å²) in [4.78, 5) is 0. The maximum Gasteiger partial charge on any atom is 0.391 e. The number of rotatable bonds is 0. The highest BCUT2D eigenvalue weighted by atomic mass is 19.4. The fourth-order valence-corrected chi connectivity index (χ4v) is 3.15. The van der Waals surface area contributed by atoms with Crippen LogP contribution in [0.3, 0.4) is 0 Å². The van der Waals surface area contributed by atoms with E-state index < -0.39 is 12.1 Å². The van der Waals surface area contributed by atoms with Gasteiger partial charge in [0.05, 0.1) is 18.1 Å². The number of nitrogens with two attached hydrogens (primary N) is 1. The predicted molar refractivity (Wildman–Crippen MR) is 53.7 cm³/mol. The third-order valence-electron chi connectivity index (χ3n) is 4.20. The van der Waals surface area contributed by atoms with Crippen LogP contribution in [0.2, 0.25) is 0 Å². The Morgan fingerprint density at radius 1 is 1.19 bits per heavy atom. The van der Waals surface area contributed by atoms with E-state index in [-0.39, 0.29) is 42.9 Å². The maximum absolute atomic E-state index is 12.7. The zero-order valence-corrected chi connectivity index (χ0v) is 9.50. The zero-order chi connectivity index (χ0) is 12.1. The molecule has 2 aliphatic rings. The zero-order valence-electron chi connectivity index (χ0n) is 9.50. The van der Waals surface area contributed by atoms with Gasteiger partial charge in [0.2, 0.25) is 0 Å². The molecule has 2 nitrogen and oxygen atoms in total. The standard InChI is InChI=1S/C11H18F3NO/c1-5-6(2)16-9-4-7(11(12,13)14)3-8(15)10(5)9/h5-10H,3-4,15H2,1-2H3/t5-,6+,7-,8+,9-,10-/m1/s1. The summed E-state index contributed by atoms with van der Waals surface area (Å²) in [5.41, 5.74) is 5.88. The Kier molecular flexibility index (Phi) is 2.95. The minimum absolute atomic E-state index is 0.0213. The summed E-state index contributed by atoms with van der Waals surface area (Å²) in [5, 5.41) is 0. The molecular weight excluding hydrogens is 219 g/mol. The van der Waals surface area contributed by atoms with Gasteiger partial charge in [0.1, 0.15) is 0 Å². The second-order valence-corrected chi connectivity index (χ2v) is 5.19. The number of hydrogen-bond donors (Lipinski definition) is 1. The number of ether oxygens (including phenoxy) is 1. The number of alkyl halides is 3. The van der Waals surface area contributed by atoms with Gasteiger partial charge < -0.3 is 10.5 Å². The molecule has 0 radical (unpaired) electrons. The molecule has 0 unspecified atom stereocenters. The summed E-state index contributed by atoms with van der Waals surface area (Å²) in [7, 11) is 0. The Balaban J connectivity index is 2.12. The first kappa shape index (κ1) is 12.2. The monoisotopic (exact) mass is 237 g/mol. The maximum atomic E-state index is 12.7. The van der Waals surface area contributed by atoms with Gasteiger partial charge in [0.15, 0.2) is 0 Å². The lowest BCUT2D eigenvalue weighted by Gasteiger charge is -2.37. The highest BCUT2D eigenvalue weighted by molar-refractivity contribution is 4.98. The predicted octanol–water partition coefficient (Wildman–Crippen LogP) is 2.33. The van der Waals surface area contributed by atoms with Crippen LogP contribution in [0.1, 0.15) is 26.7 Å². The van der Waals surface area contributed by atoms with E-state index in [0.29, 0.717) is 0 Å². The lowest BCUT2D eigenvalue weighted by atomic mass is 9.72. The molecule has 0 bridgehead atoms. The van der Waals surface area contributed by atoms with Crippen molar-refractivity contribution >= 4 is 0 Å². The van der Waals surface area contributed by atoms with Gasteiger partial charge in [-0.1, -0.05) is 6.92 Å². The largest absolute Gasteiger partial charge is 0.391 e. The van der Waals surface area contributed by atoms with Gasteiger partial charge in [-0.2, -0.15) is 13.2 Å². The van der Waals surface area contributed by atoms with Crippen LogP contribution in [-0.2, 0) is 4.74 Å². The van der Waals surface area contributed by atoms with Crippen LogP contribution in [0, 0.1) is 17.8 Å². The van der Waals surface area contributed by atoms with Crippen LogP contribution in [0.4, 0.5) is 13.2 Å². The van der Waals surface area contributed by atoms with E-state index in [1.165, 1.54) is 0 Å². The highest BCUT2D eigenvalue weighted by Gasteiger charge is 2.53. The van der Waals surface area contributed by atoms with E-state index >= 15 is 0 Å². The average Bonchev–Trinajstić information content (AvgIpc) is 2.41. The highest BCUT2D eigenvalue weighted by Crippen LogP contribution is 2.46. The van der Waals surface area contributed by atoms with Crippen molar-refractivity contribution in [2.45, 2.75) is 51.1 Å². The molecule has 0 aromatic rings. The molecule has 1 saturated heterocycles. The van der Waals surface area contributed by atoms with E-state index in [1.54, 1.807) is 0 Å². The molecule has 0 aromatic heterocycles. The molecule has 1 saturated carbocycles. The molecule has 94 valence electrons. The smallest absolute Gasteiger partial charge is 0.375 e. The van der Waals surface area contributed by atoms with Gasteiger partial charge in [-0.05, 0) is 25.7 Å². The van der Waals surface area contributed by atoms with Crippen LogP contribution >= 0.6 is 0 Å². The summed E-state index contributed by atoms with van der Waals surface area (Å²) < 4.78 is 43.6. The first-order valence-corrected chi connectivity index (χ1v) is 5.78. The number of fused-ring (bicyclic) bond motifs is 1. The lowest BCUT2D eigenvalue weighted by Crippen LogP contribution is -2.48. The van der Waals surface area contributed by atoms with Gasteiger partial charge in [0.25, 0.3) is 0 Å².